The molecule has 1 aliphatic heterocycles. The van der Waals surface area contributed by atoms with Gasteiger partial charge in [-0.1, -0.05) is 11.8 Å². The van der Waals surface area contributed by atoms with Gasteiger partial charge in [-0.15, -0.1) is 0 Å². The molecular formula is C21H23N5O2S. The first-order valence-corrected chi connectivity index (χ1v) is 11.1. The largest absolute Gasteiger partial charge is 0.356 e. The lowest BCUT2D eigenvalue weighted by Crippen LogP contribution is -2.32. The number of carbonyl (C=O) groups excluding carboxylic acids is 1. The molecule has 3 aromatic heterocycles. The minimum Gasteiger partial charge on any atom is -0.356 e. The molecule has 1 unspecified atom stereocenters. The number of fused-ring (bicyclic) bond motifs is 3. The third-order valence-corrected chi connectivity index (χ3v) is 6.81. The number of thioether (sulfide) groups is 1. The normalized spacial score (nSPS) is 17.4. The molecule has 0 aromatic carbocycles. The molecule has 4 heterocycles. The van der Waals surface area contributed by atoms with Crippen LogP contribution in [0.4, 0.5) is 0 Å². The first-order valence-electron chi connectivity index (χ1n) is 10.1. The number of hydrogen-bond acceptors (Lipinski definition) is 5. The second kappa shape index (κ2) is 7.67. The Labute approximate surface area is 172 Å². The fourth-order valence-electron chi connectivity index (χ4n) is 4.27. The maximum Gasteiger partial charge on any atom is 0.257 e. The Morgan fingerprint density at radius 2 is 2.24 bits per heavy atom. The number of pyridine rings is 1. The number of aromatic nitrogens is 4. The third kappa shape index (κ3) is 3.46. The monoisotopic (exact) mass is 409 g/mol. The molecule has 0 bridgehead atoms. The zero-order valence-corrected chi connectivity index (χ0v) is 17.0. The van der Waals surface area contributed by atoms with Crippen LogP contribution in [0.5, 0.6) is 0 Å². The highest BCUT2D eigenvalue weighted by atomic mass is 32.2. The molecule has 1 N–H and O–H groups in total. The van der Waals surface area contributed by atoms with Crippen molar-refractivity contribution >= 4 is 28.7 Å². The number of rotatable bonds is 6. The van der Waals surface area contributed by atoms with E-state index in [2.05, 4.69) is 25.9 Å². The van der Waals surface area contributed by atoms with Gasteiger partial charge in [0.2, 0.25) is 5.91 Å². The number of nitrogens with one attached hydrogen (secondary N) is 1. The molecule has 0 saturated heterocycles. The van der Waals surface area contributed by atoms with Crippen LogP contribution in [0.15, 0.2) is 40.5 Å². The Kier molecular flexibility index (Phi) is 4.87. The fraction of sp³-hybridized carbons (Fsp3) is 0.429. The SMILES string of the molecule is O=C(CC1CSc2nc3c(c(=O)n21)CCC3)NCCCn1ccc2cccnc21. The molecule has 3 aromatic rings. The number of aryl methyl sites for hydroxylation is 2. The van der Waals surface area contributed by atoms with E-state index in [1.807, 2.05) is 18.3 Å². The highest BCUT2D eigenvalue weighted by Crippen LogP contribution is 2.33. The van der Waals surface area contributed by atoms with Gasteiger partial charge in [0.25, 0.3) is 5.56 Å². The smallest absolute Gasteiger partial charge is 0.257 e. The van der Waals surface area contributed by atoms with E-state index in [1.54, 1.807) is 22.5 Å². The predicted octanol–water partition coefficient (Wildman–Crippen LogP) is 2.33. The van der Waals surface area contributed by atoms with E-state index in [-0.39, 0.29) is 17.5 Å². The summed E-state index contributed by atoms with van der Waals surface area (Å²) in [6, 6.07) is 5.93. The van der Waals surface area contributed by atoms with Crippen molar-refractivity contribution in [2.45, 2.75) is 49.8 Å². The highest BCUT2D eigenvalue weighted by Gasteiger charge is 2.30. The predicted molar refractivity (Wildman–Crippen MR) is 112 cm³/mol. The van der Waals surface area contributed by atoms with Crippen molar-refractivity contribution in [1.82, 2.24) is 24.4 Å². The van der Waals surface area contributed by atoms with Gasteiger partial charge in [0.15, 0.2) is 5.16 Å². The molecule has 1 atom stereocenters. The summed E-state index contributed by atoms with van der Waals surface area (Å²) >= 11 is 1.59. The van der Waals surface area contributed by atoms with Crippen LogP contribution in [0.3, 0.4) is 0 Å². The summed E-state index contributed by atoms with van der Waals surface area (Å²) in [5.74, 6) is 0.728. The first kappa shape index (κ1) is 18.4. The summed E-state index contributed by atoms with van der Waals surface area (Å²) in [7, 11) is 0. The average molecular weight is 410 g/mol. The second-order valence-electron chi connectivity index (χ2n) is 7.65. The Hall–Kier alpha value is -2.61. The summed E-state index contributed by atoms with van der Waals surface area (Å²) in [6.45, 7) is 1.41. The molecule has 7 nitrogen and oxygen atoms in total. The van der Waals surface area contributed by atoms with Crippen molar-refractivity contribution in [3.8, 4) is 0 Å². The van der Waals surface area contributed by atoms with Gasteiger partial charge in [-0.05, 0) is 43.9 Å². The van der Waals surface area contributed by atoms with Gasteiger partial charge in [-0.2, -0.15) is 0 Å². The van der Waals surface area contributed by atoms with Crippen LogP contribution < -0.4 is 10.9 Å². The zero-order valence-electron chi connectivity index (χ0n) is 16.1. The Balaban J connectivity index is 1.16. The van der Waals surface area contributed by atoms with Gasteiger partial charge >= 0.3 is 0 Å². The molecule has 5 rings (SSSR count). The minimum absolute atomic E-state index is 0.00802. The van der Waals surface area contributed by atoms with Crippen LogP contribution in [0.1, 0.15) is 36.6 Å². The maximum atomic E-state index is 12.8. The second-order valence-corrected chi connectivity index (χ2v) is 8.63. The van der Waals surface area contributed by atoms with Gasteiger partial charge in [0, 0.05) is 48.6 Å². The van der Waals surface area contributed by atoms with Crippen molar-refractivity contribution in [3.63, 3.8) is 0 Å². The molecule has 150 valence electrons. The third-order valence-electron chi connectivity index (χ3n) is 5.71. The number of hydrogen-bond donors (Lipinski definition) is 1. The van der Waals surface area contributed by atoms with Crippen LogP contribution in [0, 0.1) is 0 Å². The van der Waals surface area contributed by atoms with E-state index in [1.165, 1.54) is 0 Å². The lowest BCUT2D eigenvalue weighted by Gasteiger charge is -2.14. The average Bonchev–Trinajstić information content (AvgIpc) is 3.45. The lowest BCUT2D eigenvalue weighted by atomic mass is 10.2. The fourth-order valence-corrected chi connectivity index (χ4v) is 5.42. The number of carbonyl (C=O) groups is 1. The van der Waals surface area contributed by atoms with Gasteiger partial charge in [-0.25, -0.2) is 9.97 Å². The molecule has 1 amide bonds. The highest BCUT2D eigenvalue weighted by molar-refractivity contribution is 7.99. The summed E-state index contributed by atoms with van der Waals surface area (Å²) in [5.41, 5.74) is 2.86. The summed E-state index contributed by atoms with van der Waals surface area (Å²) in [5, 5.41) is 4.91. The minimum atomic E-state index is -0.0986. The Morgan fingerprint density at radius 1 is 1.31 bits per heavy atom. The molecule has 0 saturated carbocycles. The molecular weight excluding hydrogens is 386 g/mol. The maximum absolute atomic E-state index is 12.8. The topological polar surface area (TPSA) is 81.8 Å². The van der Waals surface area contributed by atoms with E-state index in [0.717, 1.165) is 65.4 Å². The van der Waals surface area contributed by atoms with E-state index in [0.29, 0.717) is 13.0 Å². The van der Waals surface area contributed by atoms with E-state index < -0.39 is 0 Å². The van der Waals surface area contributed by atoms with Crippen molar-refractivity contribution in [3.05, 3.63) is 52.2 Å². The van der Waals surface area contributed by atoms with E-state index in [9.17, 15) is 9.59 Å². The van der Waals surface area contributed by atoms with Gasteiger partial charge in [0.05, 0.1) is 11.7 Å². The number of amides is 1. The molecule has 0 fully saturated rings. The van der Waals surface area contributed by atoms with E-state index >= 15 is 0 Å². The van der Waals surface area contributed by atoms with Gasteiger partial charge in [-0.3, -0.25) is 14.2 Å². The summed E-state index contributed by atoms with van der Waals surface area (Å²) < 4.78 is 3.86. The Bertz CT molecular complexity index is 1140. The van der Waals surface area contributed by atoms with Crippen molar-refractivity contribution in [2.75, 3.05) is 12.3 Å². The van der Waals surface area contributed by atoms with Gasteiger partial charge < -0.3 is 9.88 Å². The van der Waals surface area contributed by atoms with E-state index in [4.69, 9.17) is 0 Å². The molecule has 8 heteroatoms. The Morgan fingerprint density at radius 3 is 3.17 bits per heavy atom. The van der Waals surface area contributed by atoms with Crippen molar-refractivity contribution in [2.24, 2.45) is 0 Å². The molecule has 29 heavy (non-hydrogen) atoms. The lowest BCUT2D eigenvalue weighted by molar-refractivity contribution is -0.121. The molecule has 2 aliphatic rings. The first-order chi connectivity index (χ1) is 14.2. The number of nitrogens with zero attached hydrogens (tertiary/aromatic N) is 4. The molecule has 0 radical (unpaired) electrons. The zero-order chi connectivity index (χ0) is 19.8. The summed E-state index contributed by atoms with van der Waals surface area (Å²) in [6.07, 6.45) is 7.70. The quantitative estimate of drug-likeness (QED) is 0.499. The summed E-state index contributed by atoms with van der Waals surface area (Å²) in [4.78, 5) is 34.3. The van der Waals surface area contributed by atoms with Crippen molar-refractivity contribution < 1.29 is 4.79 Å². The van der Waals surface area contributed by atoms with Crippen LogP contribution in [0.2, 0.25) is 0 Å². The molecule has 0 spiro atoms. The van der Waals surface area contributed by atoms with Crippen LogP contribution in [-0.4, -0.2) is 37.3 Å². The standard InChI is InChI=1S/C21H23N5O2S/c27-18(22-9-3-10-25-11-7-14-4-2-8-23-19(14)25)12-15-13-29-21-24-17-6-1-5-16(17)20(28)26(15)21/h2,4,7-8,11,15H,1,3,5-6,9-10,12-13H2,(H,22,27). The van der Waals surface area contributed by atoms with Crippen molar-refractivity contribution in [1.29, 1.82) is 0 Å². The van der Waals surface area contributed by atoms with Gasteiger partial charge in [0.1, 0.15) is 5.65 Å². The molecule has 1 aliphatic carbocycles. The van der Waals surface area contributed by atoms with Crippen LogP contribution in [-0.2, 0) is 24.2 Å². The van der Waals surface area contributed by atoms with Crippen LogP contribution in [0.25, 0.3) is 11.0 Å². The van der Waals surface area contributed by atoms with Crippen LogP contribution >= 0.6 is 11.8 Å².